The number of likely N-dealkylation sites (tertiary alicyclic amines) is 1. The van der Waals surface area contributed by atoms with Gasteiger partial charge in [-0.05, 0) is 57.9 Å². The summed E-state index contributed by atoms with van der Waals surface area (Å²) in [4.78, 5) is 15.2. The third-order valence-electron chi connectivity index (χ3n) is 6.86. The minimum Gasteiger partial charge on any atom is -0.356 e. The van der Waals surface area contributed by atoms with Crippen LogP contribution >= 0.6 is 0 Å². The second-order valence-electron chi connectivity index (χ2n) is 8.90. The summed E-state index contributed by atoms with van der Waals surface area (Å²) in [5.41, 5.74) is 0. The summed E-state index contributed by atoms with van der Waals surface area (Å²) in [5.74, 6) is -0.198. The Bertz CT molecular complexity index is 621. The SMILES string of the molecule is CC[C@H]1CCCCN1CCCNC(=O)[C@@H]1CCCN(S(=O)(=O)N2CCCCC2)C1. The predicted octanol–water partition coefficient (Wildman–Crippen LogP) is 2.20. The van der Waals surface area contributed by atoms with Crippen LogP contribution in [0.5, 0.6) is 0 Å². The Morgan fingerprint density at radius 1 is 0.931 bits per heavy atom. The molecule has 0 aromatic heterocycles. The third kappa shape index (κ3) is 6.15. The minimum atomic E-state index is -3.42. The second kappa shape index (κ2) is 11.1. The van der Waals surface area contributed by atoms with Gasteiger partial charge in [-0.3, -0.25) is 4.79 Å². The van der Waals surface area contributed by atoms with E-state index in [4.69, 9.17) is 0 Å². The van der Waals surface area contributed by atoms with Crippen molar-refractivity contribution in [1.29, 1.82) is 0 Å². The Kier molecular flexibility index (Phi) is 8.77. The highest BCUT2D eigenvalue weighted by Crippen LogP contribution is 2.24. The lowest BCUT2D eigenvalue weighted by atomic mass is 9.98. The number of hydrogen-bond acceptors (Lipinski definition) is 4. The molecular formula is C21H40N4O3S. The van der Waals surface area contributed by atoms with Crippen LogP contribution in [0.4, 0.5) is 0 Å². The summed E-state index contributed by atoms with van der Waals surface area (Å²) in [5, 5.41) is 3.08. The van der Waals surface area contributed by atoms with E-state index in [-0.39, 0.29) is 11.8 Å². The van der Waals surface area contributed by atoms with E-state index in [1.165, 1.54) is 32.2 Å². The van der Waals surface area contributed by atoms with Crippen LogP contribution in [0, 0.1) is 5.92 Å². The van der Waals surface area contributed by atoms with Crippen molar-refractivity contribution in [2.24, 2.45) is 5.92 Å². The fourth-order valence-electron chi connectivity index (χ4n) is 5.08. The highest BCUT2D eigenvalue weighted by molar-refractivity contribution is 7.86. The zero-order chi connectivity index (χ0) is 20.7. The van der Waals surface area contributed by atoms with E-state index >= 15 is 0 Å². The van der Waals surface area contributed by atoms with Crippen molar-refractivity contribution in [3.05, 3.63) is 0 Å². The smallest absolute Gasteiger partial charge is 0.281 e. The maximum atomic E-state index is 12.9. The largest absolute Gasteiger partial charge is 0.356 e. The minimum absolute atomic E-state index is 0.0224. The molecule has 7 nitrogen and oxygen atoms in total. The van der Waals surface area contributed by atoms with Crippen molar-refractivity contribution in [2.75, 3.05) is 45.8 Å². The van der Waals surface area contributed by atoms with Crippen molar-refractivity contribution in [2.45, 2.75) is 77.2 Å². The zero-order valence-electron chi connectivity index (χ0n) is 18.2. The van der Waals surface area contributed by atoms with Crippen LogP contribution in [-0.4, -0.2) is 79.7 Å². The summed E-state index contributed by atoms with van der Waals surface area (Å²) in [6.45, 7) is 7.26. The van der Waals surface area contributed by atoms with E-state index in [9.17, 15) is 13.2 Å². The number of piperidine rings is 3. The van der Waals surface area contributed by atoms with E-state index in [0.29, 0.717) is 38.8 Å². The van der Waals surface area contributed by atoms with E-state index in [1.807, 2.05) is 0 Å². The van der Waals surface area contributed by atoms with Gasteiger partial charge in [0, 0.05) is 45.3 Å². The Morgan fingerprint density at radius 2 is 1.66 bits per heavy atom. The number of hydrogen-bond donors (Lipinski definition) is 1. The van der Waals surface area contributed by atoms with Crippen molar-refractivity contribution >= 4 is 16.1 Å². The topological polar surface area (TPSA) is 73.0 Å². The molecular weight excluding hydrogens is 388 g/mol. The molecule has 0 aromatic rings. The Hall–Kier alpha value is -0.700. The molecule has 0 bridgehead atoms. The van der Waals surface area contributed by atoms with E-state index in [1.54, 1.807) is 8.61 Å². The van der Waals surface area contributed by atoms with Crippen LogP contribution in [0.2, 0.25) is 0 Å². The van der Waals surface area contributed by atoms with Gasteiger partial charge in [-0.25, -0.2) is 0 Å². The predicted molar refractivity (Wildman–Crippen MR) is 116 cm³/mol. The third-order valence-corrected chi connectivity index (χ3v) is 8.87. The maximum absolute atomic E-state index is 12.9. The molecule has 168 valence electrons. The monoisotopic (exact) mass is 428 g/mol. The number of carbonyl (C=O) groups is 1. The van der Waals surface area contributed by atoms with E-state index in [2.05, 4.69) is 17.1 Å². The number of nitrogens with zero attached hydrogens (tertiary/aromatic N) is 3. The van der Waals surface area contributed by atoms with Crippen LogP contribution in [0.25, 0.3) is 0 Å². The van der Waals surface area contributed by atoms with Gasteiger partial charge in [0.2, 0.25) is 5.91 Å². The number of rotatable bonds is 8. The van der Waals surface area contributed by atoms with Gasteiger partial charge in [0.15, 0.2) is 0 Å². The van der Waals surface area contributed by atoms with E-state index in [0.717, 1.165) is 45.1 Å². The summed E-state index contributed by atoms with van der Waals surface area (Å²) in [6, 6.07) is 0.700. The second-order valence-corrected chi connectivity index (χ2v) is 10.8. The highest BCUT2D eigenvalue weighted by Gasteiger charge is 2.36. The van der Waals surface area contributed by atoms with E-state index < -0.39 is 10.2 Å². The first-order valence-electron chi connectivity index (χ1n) is 11.8. The molecule has 3 aliphatic rings. The molecule has 2 atom stereocenters. The molecule has 1 amide bonds. The summed E-state index contributed by atoms with van der Waals surface area (Å²) in [6.07, 6.45) is 10.6. The average molecular weight is 429 g/mol. The molecule has 0 spiro atoms. The van der Waals surface area contributed by atoms with Gasteiger partial charge in [-0.2, -0.15) is 17.0 Å². The molecule has 3 rings (SSSR count). The lowest BCUT2D eigenvalue weighted by Crippen LogP contribution is -2.51. The molecule has 0 aromatic carbocycles. The van der Waals surface area contributed by atoms with Gasteiger partial charge in [0.05, 0.1) is 5.92 Å². The van der Waals surface area contributed by atoms with Crippen LogP contribution in [0.15, 0.2) is 0 Å². The molecule has 1 N–H and O–H groups in total. The number of carbonyl (C=O) groups excluding carboxylic acids is 1. The average Bonchev–Trinajstić information content (AvgIpc) is 2.77. The maximum Gasteiger partial charge on any atom is 0.281 e. The molecule has 0 radical (unpaired) electrons. The van der Waals surface area contributed by atoms with Crippen molar-refractivity contribution in [3.8, 4) is 0 Å². The summed E-state index contributed by atoms with van der Waals surface area (Å²) < 4.78 is 29.0. The first-order valence-corrected chi connectivity index (χ1v) is 13.2. The van der Waals surface area contributed by atoms with Crippen LogP contribution < -0.4 is 5.32 Å². The van der Waals surface area contributed by atoms with Gasteiger partial charge in [-0.15, -0.1) is 0 Å². The van der Waals surface area contributed by atoms with Gasteiger partial charge < -0.3 is 10.2 Å². The first-order chi connectivity index (χ1) is 14.0. The first kappa shape index (κ1) is 23.0. The molecule has 0 aliphatic carbocycles. The molecule has 3 aliphatic heterocycles. The summed E-state index contributed by atoms with van der Waals surface area (Å²) >= 11 is 0. The molecule has 29 heavy (non-hydrogen) atoms. The van der Waals surface area contributed by atoms with Gasteiger partial charge >= 0.3 is 0 Å². The lowest BCUT2D eigenvalue weighted by molar-refractivity contribution is -0.126. The zero-order valence-corrected chi connectivity index (χ0v) is 19.0. The number of nitrogens with one attached hydrogen (secondary N) is 1. The van der Waals surface area contributed by atoms with Gasteiger partial charge in [-0.1, -0.05) is 19.8 Å². The lowest BCUT2D eigenvalue weighted by Gasteiger charge is -2.36. The van der Waals surface area contributed by atoms with Crippen LogP contribution in [-0.2, 0) is 15.0 Å². The fraction of sp³-hybridized carbons (Fsp3) is 0.952. The Labute approximate surface area is 177 Å². The molecule has 8 heteroatoms. The molecule has 0 unspecified atom stereocenters. The van der Waals surface area contributed by atoms with Gasteiger partial charge in [0.1, 0.15) is 0 Å². The quantitative estimate of drug-likeness (QED) is 0.602. The Morgan fingerprint density at radius 3 is 2.41 bits per heavy atom. The normalized spacial score (nSPS) is 28.3. The molecule has 3 heterocycles. The molecule has 3 fully saturated rings. The van der Waals surface area contributed by atoms with Crippen LogP contribution in [0.1, 0.15) is 71.1 Å². The molecule has 0 saturated carbocycles. The number of amides is 1. The van der Waals surface area contributed by atoms with Crippen molar-refractivity contribution < 1.29 is 13.2 Å². The fourth-order valence-corrected chi connectivity index (χ4v) is 6.85. The molecule has 3 saturated heterocycles. The standard InChI is InChI=1S/C21H40N4O3S/c1-2-20-11-4-7-13-23(20)14-9-12-22-21(26)19-10-8-17-25(18-19)29(27,28)24-15-5-3-6-16-24/h19-20H,2-18H2,1H3,(H,22,26)/t19-,20+/m1/s1. The Balaban J connectivity index is 1.42. The van der Waals surface area contributed by atoms with Crippen LogP contribution in [0.3, 0.4) is 0 Å². The van der Waals surface area contributed by atoms with Crippen molar-refractivity contribution in [3.63, 3.8) is 0 Å². The van der Waals surface area contributed by atoms with Crippen molar-refractivity contribution in [1.82, 2.24) is 18.8 Å². The highest BCUT2D eigenvalue weighted by atomic mass is 32.2. The van der Waals surface area contributed by atoms with Gasteiger partial charge in [0.25, 0.3) is 10.2 Å². The summed E-state index contributed by atoms with van der Waals surface area (Å²) in [7, 11) is -3.42.